The predicted octanol–water partition coefficient (Wildman–Crippen LogP) is 2.95. The van der Waals surface area contributed by atoms with Gasteiger partial charge in [0.15, 0.2) is 5.13 Å². The molecule has 2 rings (SSSR count). The minimum absolute atomic E-state index is 0.104. The molecule has 7 heteroatoms. The second kappa shape index (κ2) is 7.35. The number of thioether (sulfide) groups is 1. The first kappa shape index (κ1) is 16.4. The van der Waals surface area contributed by atoms with Crippen LogP contribution in [-0.4, -0.2) is 35.0 Å². The van der Waals surface area contributed by atoms with E-state index in [1.54, 1.807) is 0 Å². The minimum Gasteiger partial charge on any atom is -0.382 e. The molecule has 21 heavy (non-hydrogen) atoms. The molecule has 0 saturated heterocycles. The number of nitrogens with one attached hydrogen (secondary N) is 2. The number of nitrogen functional groups attached to an aromatic ring is 1. The SMILES string of the molecule is CCNc1nc(N)c(C(=O)NCC2(SC)CCCCC2)s1. The van der Waals surface area contributed by atoms with Crippen LogP contribution in [0.1, 0.15) is 48.7 Å². The molecule has 1 fully saturated rings. The van der Waals surface area contributed by atoms with Crippen molar-refractivity contribution in [3.63, 3.8) is 0 Å². The van der Waals surface area contributed by atoms with Gasteiger partial charge in [-0.05, 0) is 26.0 Å². The Morgan fingerprint density at radius 3 is 2.76 bits per heavy atom. The predicted molar refractivity (Wildman–Crippen MR) is 92.4 cm³/mol. The lowest BCUT2D eigenvalue weighted by Crippen LogP contribution is -2.41. The van der Waals surface area contributed by atoms with Gasteiger partial charge in [0.2, 0.25) is 0 Å². The molecule has 1 aliphatic rings. The van der Waals surface area contributed by atoms with Crippen molar-refractivity contribution in [2.45, 2.75) is 43.8 Å². The van der Waals surface area contributed by atoms with Gasteiger partial charge in [-0.25, -0.2) is 4.98 Å². The Balaban J connectivity index is 1.97. The van der Waals surface area contributed by atoms with Crippen LogP contribution in [-0.2, 0) is 0 Å². The molecule has 5 nitrogen and oxygen atoms in total. The van der Waals surface area contributed by atoms with Crippen LogP contribution in [0.25, 0.3) is 0 Å². The second-order valence-corrected chi connectivity index (χ2v) is 7.67. The third-order valence-corrected chi connectivity index (χ3v) is 6.40. The van der Waals surface area contributed by atoms with E-state index in [2.05, 4.69) is 21.9 Å². The fraction of sp³-hybridized carbons (Fsp3) is 0.714. The van der Waals surface area contributed by atoms with Gasteiger partial charge in [0.1, 0.15) is 10.7 Å². The summed E-state index contributed by atoms with van der Waals surface area (Å²) in [6, 6.07) is 0. The molecule has 0 atom stereocenters. The number of amides is 1. The lowest BCUT2D eigenvalue weighted by Gasteiger charge is -2.35. The van der Waals surface area contributed by atoms with Gasteiger partial charge < -0.3 is 16.4 Å². The Kier molecular flexibility index (Phi) is 5.75. The van der Waals surface area contributed by atoms with E-state index in [4.69, 9.17) is 5.73 Å². The zero-order valence-electron chi connectivity index (χ0n) is 12.7. The van der Waals surface area contributed by atoms with Gasteiger partial charge >= 0.3 is 0 Å². The second-order valence-electron chi connectivity index (χ2n) is 5.39. The summed E-state index contributed by atoms with van der Waals surface area (Å²) in [4.78, 5) is 17.0. The lowest BCUT2D eigenvalue weighted by molar-refractivity contribution is 0.0951. The number of carbonyl (C=O) groups excluding carboxylic acids is 1. The summed E-state index contributed by atoms with van der Waals surface area (Å²) in [6.07, 6.45) is 8.31. The van der Waals surface area contributed by atoms with E-state index in [1.165, 1.54) is 43.4 Å². The Hall–Kier alpha value is -0.950. The Labute approximate surface area is 134 Å². The van der Waals surface area contributed by atoms with E-state index in [9.17, 15) is 4.79 Å². The zero-order chi connectivity index (χ0) is 15.3. The van der Waals surface area contributed by atoms with Gasteiger partial charge in [0.05, 0.1) is 0 Å². The molecule has 0 unspecified atom stereocenters. The average molecular weight is 329 g/mol. The highest BCUT2D eigenvalue weighted by Crippen LogP contribution is 2.38. The first-order valence-corrected chi connectivity index (χ1v) is 9.48. The average Bonchev–Trinajstić information content (AvgIpc) is 2.87. The molecule has 4 N–H and O–H groups in total. The Morgan fingerprint density at radius 1 is 1.43 bits per heavy atom. The van der Waals surface area contributed by atoms with Gasteiger partial charge in [-0.3, -0.25) is 4.79 Å². The van der Waals surface area contributed by atoms with E-state index in [-0.39, 0.29) is 10.7 Å². The maximum atomic E-state index is 12.3. The normalized spacial score (nSPS) is 17.4. The molecule has 1 saturated carbocycles. The van der Waals surface area contributed by atoms with Crippen LogP contribution in [0.15, 0.2) is 0 Å². The zero-order valence-corrected chi connectivity index (χ0v) is 14.3. The van der Waals surface area contributed by atoms with E-state index >= 15 is 0 Å². The van der Waals surface area contributed by atoms with E-state index < -0.39 is 0 Å². The molecule has 118 valence electrons. The lowest BCUT2D eigenvalue weighted by atomic mass is 9.88. The van der Waals surface area contributed by atoms with Crippen molar-refractivity contribution in [1.29, 1.82) is 0 Å². The summed E-state index contributed by atoms with van der Waals surface area (Å²) >= 11 is 3.20. The number of hydrogen-bond acceptors (Lipinski definition) is 6. The number of anilines is 2. The van der Waals surface area contributed by atoms with E-state index in [0.29, 0.717) is 22.4 Å². The molecule has 0 aromatic carbocycles. The first-order valence-electron chi connectivity index (χ1n) is 7.44. The van der Waals surface area contributed by atoms with Crippen LogP contribution in [0.5, 0.6) is 0 Å². The van der Waals surface area contributed by atoms with Crippen molar-refractivity contribution in [3.8, 4) is 0 Å². The molecule has 1 aliphatic carbocycles. The highest BCUT2D eigenvalue weighted by molar-refractivity contribution is 8.00. The molecular weight excluding hydrogens is 304 g/mol. The fourth-order valence-corrected chi connectivity index (χ4v) is 4.47. The number of aromatic nitrogens is 1. The van der Waals surface area contributed by atoms with E-state index in [1.807, 2.05) is 18.7 Å². The molecule has 0 aliphatic heterocycles. The van der Waals surface area contributed by atoms with Crippen molar-refractivity contribution in [2.24, 2.45) is 0 Å². The summed E-state index contributed by atoms with van der Waals surface area (Å²) in [6.45, 7) is 3.47. The highest BCUT2D eigenvalue weighted by Gasteiger charge is 2.32. The summed E-state index contributed by atoms with van der Waals surface area (Å²) in [5.74, 6) is 0.212. The molecular formula is C14H24N4OS2. The Bertz CT molecular complexity index is 483. The van der Waals surface area contributed by atoms with Crippen molar-refractivity contribution in [2.75, 3.05) is 30.4 Å². The largest absolute Gasteiger partial charge is 0.382 e. The third kappa shape index (κ3) is 4.03. The van der Waals surface area contributed by atoms with Gasteiger partial charge in [-0.1, -0.05) is 30.6 Å². The molecule has 1 amide bonds. The quantitative estimate of drug-likeness (QED) is 0.748. The van der Waals surface area contributed by atoms with Gasteiger partial charge in [-0.2, -0.15) is 11.8 Å². The number of thiazole rings is 1. The fourth-order valence-electron chi connectivity index (χ4n) is 2.69. The standard InChI is InChI=1S/C14H24N4OS2/c1-3-16-13-18-11(15)10(21-13)12(19)17-9-14(20-2)7-5-4-6-8-14/h3-9,15H2,1-2H3,(H,16,18)(H,17,19). The molecule has 1 aromatic rings. The van der Waals surface area contributed by atoms with Crippen molar-refractivity contribution >= 4 is 40.0 Å². The smallest absolute Gasteiger partial charge is 0.265 e. The topological polar surface area (TPSA) is 80.0 Å². The number of rotatable bonds is 6. The maximum Gasteiger partial charge on any atom is 0.265 e. The van der Waals surface area contributed by atoms with Gasteiger partial charge in [-0.15, -0.1) is 0 Å². The van der Waals surface area contributed by atoms with Crippen LogP contribution in [0, 0.1) is 0 Å². The van der Waals surface area contributed by atoms with Crippen molar-refractivity contribution in [3.05, 3.63) is 4.88 Å². The Morgan fingerprint density at radius 2 is 2.14 bits per heavy atom. The van der Waals surface area contributed by atoms with E-state index in [0.717, 1.165) is 6.54 Å². The third-order valence-electron chi connectivity index (χ3n) is 3.96. The van der Waals surface area contributed by atoms with Crippen LogP contribution in [0.3, 0.4) is 0 Å². The van der Waals surface area contributed by atoms with Gasteiger partial charge in [0, 0.05) is 17.8 Å². The minimum atomic E-state index is -0.104. The molecule has 1 heterocycles. The summed E-state index contributed by atoms with van der Waals surface area (Å²) in [7, 11) is 0. The molecule has 1 aromatic heterocycles. The maximum absolute atomic E-state index is 12.3. The number of carbonyl (C=O) groups is 1. The van der Waals surface area contributed by atoms with Crippen molar-refractivity contribution in [1.82, 2.24) is 10.3 Å². The first-order chi connectivity index (χ1) is 10.1. The highest BCUT2D eigenvalue weighted by atomic mass is 32.2. The van der Waals surface area contributed by atoms with Crippen LogP contribution in [0.2, 0.25) is 0 Å². The summed E-state index contributed by atoms with van der Waals surface area (Å²) in [5, 5.41) is 6.86. The van der Waals surface area contributed by atoms with Crippen molar-refractivity contribution < 1.29 is 4.79 Å². The molecule has 0 radical (unpaired) electrons. The number of nitrogens with two attached hydrogens (primary N) is 1. The summed E-state index contributed by atoms with van der Waals surface area (Å²) < 4.78 is 0.192. The number of hydrogen-bond donors (Lipinski definition) is 3. The molecule has 0 bridgehead atoms. The number of nitrogens with zero attached hydrogens (tertiary/aromatic N) is 1. The molecule has 0 spiro atoms. The van der Waals surface area contributed by atoms with Crippen LogP contribution < -0.4 is 16.4 Å². The monoisotopic (exact) mass is 328 g/mol. The van der Waals surface area contributed by atoms with Gasteiger partial charge in [0.25, 0.3) is 5.91 Å². The van der Waals surface area contributed by atoms with Crippen LogP contribution in [0.4, 0.5) is 10.9 Å². The van der Waals surface area contributed by atoms with Crippen LogP contribution >= 0.6 is 23.1 Å². The summed E-state index contributed by atoms with van der Waals surface area (Å²) in [5.41, 5.74) is 5.84.